The molecule has 2 heterocycles. The normalized spacial score (nSPS) is 20.1. The zero-order valence-corrected chi connectivity index (χ0v) is 13.0. The molecule has 114 valence electrons. The molecule has 1 aromatic heterocycles. The Bertz CT molecular complexity index is 532. The van der Waals surface area contributed by atoms with Gasteiger partial charge in [-0.05, 0) is 19.4 Å². The first-order valence-corrected chi connectivity index (χ1v) is 8.54. The minimum atomic E-state index is -3.39. The molecule has 3 N–H and O–H groups in total. The van der Waals surface area contributed by atoms with E-state index in [9.17, 15) is 8.42 Å². The van der Waals surface area contributed by atoms with Gasteiger partial charge in [0, 0.05) is 50.7 Å². The summed E-state index contributed by atoms with van der Waals surface area (Å²) in [6.45, 7) is 7.35. The molecule has 0 aromatic carbocycles. The van der Waals surface area contributed by atoms with Crippen molar-refractivity contribution < 1.29 is 8.42 Å². The monoisotopic (exact) mass is 300 g/mol. The van der Waals surface area contributed by atoms with E-state index >= 15 is 0 Å². The minimum Gasteiger partial charge on any atom is -0.363 e. The van der Waals surface area contributed by atoms with Crippen molar-refractivity contribution in [3.05, 3.63) is 18.0 Å². The van der Waals surface area contributed by atoms with Crippen LogP contribution in [0.5, 0.6) is 0 Å². The maximum atomic E-state index is 12.5. The molecule has 0 aliphatic carbocycles. The molecular weight excluding hydrogens is 276 g/mol. The first-order valence-electron chi connectivity index (χ1n) is 7.10. The van der Waals surface area contributed by atoms with Crippen LogP contribution in [0.3, 0.4) is 0 Å². The lowest BCUT2D eigenvalue weighted by atomic mass is 10.2. The van der Waals surface area contributed by atoms with E-state index in [1.165, 1.54) is 6.20 Å². The zero-order chi connectivity index (χ0) is 14.8. The molecule has 0 saturated carbocycles. The molecule has 1 atom stereocenters. The standard InChI is InChI=1S/C13H24N4O2S/c1-3-11(2)16-4-6-17(7-5-16)20(18,19)13-8-12(9-14)15-10-13/h8,10-11,15H,3-7,9,14H2,1-2H3. The SMILES string of the molecule is CCC(C)N1CCN(S(=O)(=O)c2c[nH]c(CN)c2)CC1. The Morgan fingerprint density at radius 2 is 2.00 bits per heavy atom. The Morgan fingerprint density at radius 1 is 1.35 bits per heavy atom. The Labute approximate surface area is 121 Å². The molecule has 0 radical (unpaired) electrons. The van der Waals surface area contributed by atoms with Gasteiger partial charge in [-0.3, -0.25) is 4.90 Å². The number of nitrogens with two attached hydrogens (primary N) is 1. The van der Waals surface area contributed by atoms with Crippen LogP contribution < -0.4 is 5.73 Å². The van der Waals surface area contributed by atoms with Crippen molar-refractivity contribution in [2.45, 2.75) is 37.8 Å². The van der Waals surface area contributed by atoms with Crippen LogP contribution in [0.4, 0.5) is 0 Å². The molecule has 1 fully saturated rings. The number of piperazine rings is 1. The minimum absolute atomic E-state index is 0.315. The van der Waals surface area contributed by atoms with E-state index in [2.05, 4.69) is 23.7 Å². The smallest absolute Gasteiger partial charge is 0.244 e. The second-order valence-electron chi connectivity index (χ2n) is 5.26. The Morgan fingerprint density at radius 3 is 2.50 bits per heavy atom. The van der Waals surface area contributed by atoms with Crippen LogP contribution in [0.25, 0.3) is 0 Å². The van der Waals surface area contributed by atoms with Gasteiger partial charge >= 0.3 is 0 Å². The Kier molecular flexibility index (Phi) is 4.85. The highest BCUT2D eigenvalue weighted by molar-refractivity contribution is 7.89. The van der Waals surface area contributed by atoms with Crippen LogP contribution in [0.2, 0.25) is 0 Å². The number of aromatic amines is 1. The fraction of sp³-hybridized carbons (Fsp3) is 0.692. The largest absolute Gasteiger partial charge is 0.363 e. The predicted octanol–water partition coefficient (Wildman–Crippen LogP) is 0.578. The van der Waals surface area contributed by atoms with E-state index in [0.29, 0.717) is 30.6 Å². The van der Waals surface area contributed by atoms with Crippen molar-refractivity contribution in [2.24, 2.45) is 5.73 Å². The molecule has 20 heavy (non-hydrogen) atoms. The third-order valence-electron chi connectivity index (χ3n) is 4.06. The molecule has 1 unspecified atom stereocenters. The summed E-state index contributed by atoms with van der Waals surface area (Å²) in [6.07, 6.45) is 2.61. The van der Waals surface area contributed by atoms with Gasteiger partial charge in [0.25, 0.3) is 0 Å². The maximum absolute atomic E-state index is 12.5. The van der Waals surface area contributed by atoms with Crippen molar-refractivity contribution in [3.63, 3.8) is 0 Å². The first kappa shape index (κ1) is 15.5. The molecule has 1 aromatic rings. The fourth-order valence-electron chi connectivity index (χ4n) is 2.48. The van der Waals surface area contributed by atoms with Gasteiger partial charge in [-0.2, -0.15) is 4.31 Å². The number of sulfonamides is 1. The van der Waals surface area contributed by atoms with E-state index in [4.69, 9.17) is 5.73 Å². The average Bonchev–Trinajstić information content (AvgIpc) is 2.96. The molecule has 0 spiro atoms. The molecule has 7 heteroatoms. The lowest BCUT2D eigenvalue weighted by Gasteiger charge is -2.37. The first-order chi connectivity index (χ1) is 9.48. The van der Waals surface area contributed by atoms with Gasteiger partial charge in [0.2, 0.25) is 10.0 Å². The summed E-state index contributed by atoms with van der Waals surface area (Å²) >= 11 is 0. The topological polar surface area (TPSA) is 82.4 Å². The van der Waals surface area contributed by atoms with Gasteiger partial charge in [0.1, 0.15) is 0 Å². The van der Waals surface area contributed by atoms with Crippen LogP contribution >= 0.6 is 0 Å². The van der Waals surface area contributed by atoms with Gasteiger partial charge in [0.15, 0.2) is 0 Å². The van der Waals surface area contributed by atoms with Gasteiger partial charge in [-0.1, -0.05) is 6.92 Å². The number of nitrogens with one attached hydrogen (secondary N) is 1. The van der Waals surface area contributed by atoms with E-state index in [1.807, 2.05) is 0 Å². The molecular formula is C13H24N4O2S. The highest BCUT2D eigenvalue weighted by Gasteiger charge is 2.30. The molecule has 0 bridgehead atoms. The molecule has 0 amide bonds. The molecule has 2 rings (SSSR count). The lowest BCUT2D eigenvalue weighted by molar-refractivity contribution is 0.142. The highest BCUT2D eigenvalue weighted by Crippen LogP contribution is 2.19. The van der Waals surface area contributed by atoms with Crippen molar-refractivity contribution in [3.8, 4) is 0 Å². The summed E-state index contributed by atoms with van der Waals surface area (Å²) in [6, 6.07) is 2.13. The van der Waals surface area contributed by atoms with Crippen LogP contribution in [0.15, 0.2) is 17.2 Å². The van der Waals surface area contributed by atoms with Gasteiger partial charge in [0.05, 0.1) is 4.90 Å². The van der Waals surface area contributed by atoms with E-state index in [1.54, 1.807) is 10.4 Å². The second kappa shape index (κ2) is 6.26. The summed E-state index contributed by atoms with van der Waals surface area (Å²) in [7, 11) is -3.39. The number of hydrogen-bond donors (Lipinski definition) is 2. The summed E-state index contributed by atoms with van der Waals surface area (Å²) in [5.41, 5.74) is 6.24. The summed E-state index contributed by atoms with van der Waals surface area (Å²) in [5, 5.41) is 0. The van der Waals surface area contributed by atoms with E-state index < -0.39 is 10.0 Å². The van der Waals surface area contributed by atoms with E-state index in [-0.39, 0.29) is 0 Å². The van der Waals surface area contributed by atoms with Crippen molar-refractivity contribution in [1.29, 1.82) is 0 Å². The van der Waals surface area contributed by atoms with Crippen molar-refractivity contribution in [2.75, 3.05) is 26.2 Å². The number of nitrogens with zero attached hydrogens (tertiary/aromatic N) is 2. The van der Waals surface area contributed by atoms with Crippen LogP contribution in [-0.2, 0) is 16.6 Å². The van der Waals surface area contributed by atoms with Crippen LogP contribution in [0.1, 0.15) is 26.0 Å². The van der Waals surface area contributed by atoms with Gasteiger partial charge in [-0.25, -0.2) is 8.42 Å². The zero-order valence-electron chi connectivity index (χ0n) is 12.2. The number of H-pyrrole nitrogens is 1. The van der Waals surface area contributed by atoms with Gasteiger partial charge < -0.3 is 10.7 Å². The van der Waals surface area contributed by atoms with Crippen LogP contribution in [-0.4, -0.2) is 54.8 Å². The third-order valence-corrected chi connectivity index (χ3v) is 5.94. The molecule has 6 nitrogen and oxygen atoms in total. The Balaban J connectivity index is 2.05. The molecule has 1 aliphatic heterocycles. The Hall–Kier alpha value is -0.890. The lowest BCUT2D eigenvalue weighted by Crippen LogP contribution is -2.51. The number of rotatable bonds is 5. The molecule has 1 aliphatic rings. The van der Waals surface area contributed by atoms with Crippen LogP contribution in [0, 0.1) is 0 Å². The second-order valence-corrected chi connectivity index (χ2v) is 7.20. The fourth-order valence-corrected chi connectivity index (χ4v) is 3.92. The van der Waals surface area contributed by atoms with E-state index in [0.717, 1.165) is 25.2 Å². The summed E-state index contributed by atoms with van der Waals surface area (Å²) in [5.74, 6) is 0. The molecule has 1 saturated heterocycles. The maximum Gasteiger partial charge on any atom is 0.244 e. The average molecular weight is 300 g/mol. The summed E-state index contributed by atoms with van der Waals surface area (Å²) < 4.78 is 26.6. The summed E-state index contributed by atoms with van der Waals surface area (Å²) in [4.78, 5) is 5.55. The number of hydrogen-bond acceptors (Lipinski definition) is 4. The highest BCUT2D eigenvalue weighted by atomic mass is 32.2. The predicted molar refractivity (Wildman–Crippen MR) is 78.8 cm³/mol. The van der Waals surface area contributed by atoms with Crippen molar-refractivity contribution >= 4 is 10.0 Å². The van der Waals surface area contributed by atoms with Crippen molar-refractivity contribution in [1.82, 2.24) is 14.2 Å². The van der Waals surface area contributed by atoms with Gasteiger partial charge in [-0.15, -0.1) is 0 Å². The quantitative estimate of drug-likeness (QED) is 0.833. The third kappa shape index (κ3) is 3.06. The number of aromatic nitrogens is 1.